The molecule has 24 heavy (non-hydrogen) atoms. The number of sulfone groups is 1. The third kappa shape index (κ3) is 4.56. The molecule has 6 nitrogen and oxygen atoms in total. The van der Waals surface area contributed by atoms with E-state index in [-0.39, 0.29) is 34.9 Å². The van der Waals surface area contributed by atoms with Crippen LogP contribution in [0.25, 0.3) is 0 Å². The molecule has 1 aliphatic carbocycles. The molecule has 1 aromatic carbocycles. The lowest BCUT2D eigenvalue weighted by molar-refractivity contribution is -0.137. The van der Waals surface area contributed by atoms with Crippen LogP contribution in [0.5, 0.6) is 0 Å². The van der Waals surface area contributed by atoms with Gasteiger partial charge in [0.2, 0.25) is 0 Å². The Morgan fingerprint density at radius 3 is 2.33 bits per heavy atom. The maximum Gasteiger partial charge on any atom is 0.303 e. The van der Waals surface area contributed by atoms with Crippen LogP contribution >= 0.6 is 0 Å². The molecular formula is C17H23NO5S. The number of carbonyl (C=O) groups is 2. The number of benzene rings is 1. The highest BCUT2D eigenvalue weighted by Crippen LogP contribution is 2.29. The minimum absolute atomic E-state index is 0.0150. The van der Waals surface area contributed by atoms with E-state index in [1.807, 2.05) is 0 Å². The van der Waals surface area contributed by atoms with Crippen molar-refractivity contribution in [2.45, 2.75) is 49.2 Å². The van der Waals surface area contributed by atoms with Gasteiger partial charge in [0.15, 0.2) is 9.84 Å². The molecule has 0 spiro atoms. The number of aliphatic carboxylic acids is 1. The van der Waals surface area contributed by atoms with E-state index in [4.69, 9.17) is 5.11 Å². The third-order valence-electron chi connectivity index (χ3n) is 4.32. The molecule has 0 saturated heterocycles. The molecule has 132 valence electrons. The van der Waals surface area contributed by atoms with Crippen LogP contribution in [0.15, 0.2) is 29.2 Å². The molecule has 0 aliphatic heterocycles. The summed E-state index contributed by atoms with van der Waals surface area (Å²) in [5, 5.41) is 11.0. The zero-order chi connectivity index (χ0) is 17.7. The first-order valence-corrected chi connectivity index (χ1v) is 9.69. The maximum absolute atomic E-state index is 12.5. The van der Waals surface area contributed by atoms with E-state index in [1.165, 1.54) is 24.3 Å². The molecule has 1 fully saturated rings. The summed E-state index contributed by atoms with van der Waals surface area (Å²) in [5.41, 5.74) is 0.364. The molecular weight excluding hydrogens is 330 g/mol. The van der Waals surface area contributed by atoms with Crippen LogP contribution in [0, 0.1) is 5.92 Å². The number of carboxylic acid groups (broad SMARTS) is 1. The van der Waals surface area contributed by atoms with Crippen molar-refractivity contribution in [3.8, 4) is 0 Å². The van der Waals surface area contributed by atoms with Crippen LogP contribution in [0.4, 0.5) is 0 Å². The second-order valence-electron chi connectivity index (χ2n) is 6.39. The fraction of sp³-hybridized carbons (Fsp3) is 0.529. The number of amides is 1. The lowest BCUT2D eigenvalue weighted by Gasteiger charge is -2.12. The van der Waals surface area contributed by atoms with Crippen molar-refractivity contribution in [2.75, 3.05) is 6.54 Å². The second-order valence-corrected chi connectivity index (χ2v) is 8.62. The van der Waals surface area contributed by atoms with Gasteiger partial charge in [-0.05, 0) is 43.0 Å². The van der Waals surface area contributed by atoms with E-state index in [0.29, 0.717) is 18.4 Å². The second kappa shape index (κ2) is 7.79. The highest BCUT2D eigenvalue weighted by Gasteiger charge is 2.30. The standard InChI is InChI=1S/C17H23NO5S/c1-12(10-16(19)20)11-18-17(21)13-6-8-15(9-7-13)24(22,23)14-4-2-3-5-14/h6-9,12,14H,2-5,10-11H2,1H3,(H,18,21)(H,19,20). The number of rotatable bonds is 7. The molecule has 1 aliphatic rings. The summed E-state index contributed by atoms with van der Waals surface area (Å²) in [6.07, 6.45) is 3.27. The highest BCUT2D eigenvalue weighted by molar-refractivity contribution is 7.92. The molecule has 2 rings (SSSR count). The Balaban J connectivity index is 1.98. The van der Waals surface area contributed by atoms with Gasteiger partial charge in [0.1, 0.15) is 0 Å². The first-order chi connectivity index (χ1) is 11.3. The fourth-order valence-electron chi connectivity index (χ4n) is 2.93. The van der Waals surface area contributed by atoms with Crippen molar-refractivity contribution < 1.29 is 23.1 Å². The van der Waals surface area contributed by atoms with Crippen molar-refractivity contribution in [3.63, 3.8) is 0 Å². The topological polar surface area (TPSA) is 101 Å². The van der Waals surface area contributed by atoms with Gasteiger partial charge < -0.3 is 10.4 Å². The first-order valence-electron chi connectivity index (χ1n) is 8.14. The Hall–Kier alpha value is -1.89. The number of hydrogen-bond donors (Lipinski definition) is 2. The molecule has 1 saturated carbocycles. The molecule has 1 unspecified atom stereocenters. The van der Waals surface area contributed by atoms with Crippen LogP contribution in [-0.4, -0.2) is 37.2 Å². The summed E-state index contributed by atoms with van der Waals surface area (Å²) in [4.78, 5) is 22.9. The number of carboxylic acids is 1. The van der Waals surface area contributed by atoms with Crippen molar-refractivity contribution in [2.24, 2.45) is 5.92 Å². The van der Waals surface area contributed by atoms with Gasteiger partial charge in [0, 0.05) is 18.5 Å². The van der Waals surface area contributed by atoms with Crippen molar-refractivity contribution in [3.05, 3.63) is 29.8 Å². The van der Waals surface area contributed by atoms with Gasteiger partial charge in [-0.25, -0.2) is 8.42 Å². The van der Waals surface area contributed by atoms with Crippen LogP contribution in [-0.2, 0) is 14.6 Å². The molecule has 0 radical (unpaired) electrons. The van der Waals surface area contributed by atoms with Crippen LogP contribution in [0.2, 0.25) is 0 Å². The molecule has 2 N–H and O–H groups in total. The summed E-state index contributed by atoms with van der Waals surface area (Å²) < 4.78 is 25.0. The summed E-state index contributed by atoms with van der Waals surface area (Å²) in [7, 11) is -3.32. The van der Waals surface area contributed by atoms with Gasteiger partial charge in [0.05, 0.1) is 10.1 Å². The fourth-order valence-corrected chi connectivity index (χ4v) is 4.78. The van der Waals surface area contributed by atoms with Gasteiger partial charge in [0.25, 0.3) is 5.91 Å². The number of carbonyl (C=O) groups excluding carboxylic acids is 1. The minimum Gasteiger partial charge on any atom is -0.481 e. The SMILES string of the molecule is CC(CNC(=O)c1ccc(S(=O)(=O)C2CCCC2)cc1)CC(=O)O. The Bertz CT molecular complexity index is 690. The van der Waals surface area contributed by atoms with Gasteiger partial charge in [-0.15, -0.1) is 0 Å². The Morgan fingerprint density at radius 2 is 1.79 bits per heavy atom. The van der Waals surface area contributed by atoms with Gasteiger partial charge in [-0.1, -0.05) is 19.8 Å². The van der Waals surface area contributed by atoms with E-state index < -0.39 is 15.8 Å². The summed E-state index contributed by atoms with van der Waals surface area (Å²) >= 11 is 0. The van der Waals surface area contributed by atoms with Crippen molar-refractivity contribution >= 4 is 21.7 Å². The monoisotopic (exact) mass is 353 g/mol. The van der Waals surface area contributed by atoms with Gasteiger partial charge >= 0.3 is 5.97 Å². The zero-order valence-corrected chi connectivity index (χ0v) is 14.5. The zero-order valence-electron chi connectivity index (χ0n) is 13.7. The van der Waals surface area contributed by atoms with E-state index in [2.05, 4.69) is 5.32 Å². The largest absolute Gasteiger partial charge is 0.481 e. The molecule has 0 heterocycles. The van der Waals surface area contributed by atoms with Crippen LogP contribution in [0.3, 0.4) is 0 Å². The van der Waals surface area contributed by atoms with Gasteiger partial charge in [-0.3, -0.25) is 9.59 Å². The average molecular weight is 353 g/mol. The lowest BCUT2D eigenvalue weighted by Crippen LogP contribution is -2.29. The normalized spacial score (nSPS) is 16.7. The highest BCUT2D eigenvalue weighted by atomic mass is 32.2. The van der Waals surface area contributed by atoms with Crippen molar-refractivity contribution in [1.82, 2.24) is 5.32 Å². The Kier molecular flexibility index (Phi) is 5.99. The third-order valence-corrected chi connectivity index (χ3v) is 6.60. The predicted molar refractivity (Wildman–Crippen MR) is 89.6 cm³/mol. The molecule has 1 aromatic rings. The smallest absolute Gasteiger partial charge is 0.303 e. The molecule has 7 heteroatoms. The first kappa shape index (κ1) is 18.4. The van der Waals surface area contributed by atoms with Crippen LogP contribution in [0.1, 0.15) is 49.4 Å². The quantitative estimate of drug-likeness (QED) is 0.783. The minimum atomic E-state index is -3.32. The van der Waals surface area contributed by atoms with E-state index in [9.17, 15) is 18.0 Å². The predicted octanol–water partition coefficient (Wildman–Crippen LogP) is 2.24. The molecule has 0 bridgehead atoms. The summed E-state index contributed by atoms with van der Waals surface area (Å²) in [6.45, 7) is 2.00. The van der Waals surface area contributed by atoms with Gasteiger partial charge in [-0.2, -0.15) is 0 Å². The molecule has 1 atom stereocenters. The lowest BCUT2D eigenvalue weighted by atomic mass is 10.1. The Labute approximate surface area is 142 Å². The van der Waals surface area contributed by atoms with E-state index in [0.717, 1.165) is 12.8 Å². The number of hydrogen-bond acceptors (Lipinski definition) is 4. The maximum atomic E-state index is 12.5. The van der Waals surface area contributed by atoms with E-state index in [1.54, 1.807) is 6.92 Å². The summed E-state index contributed by atoms with van der Waals surface area (Å²) in [6, 6.07) is 5.95. The summed E-state index contributed by atoms with van der Waals surface area (Å²) in [5.74, 6) is -1.41. The Morgan fingerprint density at radius 1 is 1.21 bits per heavy atom. The average Bonchev–Trinajstić information content (AvgIpc) is 3.07. The molecule has 1 amide bonds. The van der Waals surface area contributed by atoms with E-state index >= 15 is 0 Å². The molecule has 0 aromatic heterocycles. The van der Waals surface area contributed by atoms with Crippen molar-refractivity contribution in [1.29, 1.82) is 0 Å². The number of nitrogens with one attached hydrogen (secondary N) is 1. The van der Waals surface area contributed by atoms with Crippen LogP contribution < -0.4 is 5.32 Å².